The van der Waals surface area contributed by atoms with Gasteiger partial charge in [0.1, 0.15) is 0 Å². The Morgan fingerprint density at radius 3 is 2.09 bits per heavy atom. The van der Waals surface area contributed by atoms with E-state index in [4.69, 9.17) is 0 Å². The van der Waals surface area contributed by atoms with Crippen molar-refractivity contribution in [1.82, 2.24) is 5.32 Å². The molecule has 0 radical (unpaired) electrons. The lowest BCUT2D eigenvalue weighted by molar-refractivity contribution is -0.130. The molecular formula is C25H33N3O4S. The Labute approximate surface area is 196 Å². The lowest BCUT2D eigenvalue weighted by Gasteiger charge is -2.41. The minimum atomic E-state index is -3.78. The summed E-state index contributed by atoms with van der Waals surface area (Å²) in [6.07, 6.45) is 3.88. The summed E-state index contributed by atoms with van der Waals surface area (Å²) in [6, 6.07) is 13.1. The van der Waals surface area contributed by atoms with Crippen LogP contribution in [-0.4, -0.2) is 26.8 Å². The van der Waals surface area contributed by atoms with Gasteiger partial charge in [-0.15, -0.1) is 0 Å². The molecule has 0 aromatic heterocycles. The molecule has 0 heterocycles. The Kier molecular flexibility index (Phi) is 7.79. The number of rotatable bonds is 10. The number of carbonyl (C=O) groups excluding carboxylic acids is 2. The van der Waals surface area contributed by atoms with Crippen molar-refractivity contribution < 1.29 is 18.0 Å². The number of anilines is 2. The number of benzene rings is 2. The summed E-state index contributed by atoms with van der Waals surface area (Å²) >= 11 is 0. The summed E-state index contributed by atoms with van der Waals surface area (Å²) in [5.74, 6) is 0.445. The summed E-state index contributed by atoms with van der Waals surface area (Å²) in [7, 11) is -3.78. The minimum absolute atomic E-state index is 0.0537. The third kappa shape index (κ3) is 5.93. The Hall–Kier alpha value is -2.87. The molecule has 0 atom stereocenters. The van der Waals surface area contributed by atoms with Crippen LogP contribution in [0.15, 0.2) is 53.4 Å². The molecule has 2 amide bonds. The van der Waals surface area contributed by atoms with E-state index in [1.165, 1.54) is 12.1 Å². The lowest BCUT2D eigenvalue weighted by Crippen LogP contribution is -2.49. The first kappa shape index (κ1) is 24.8. The Balaban J connectivity index is 1.68. The van der Waals surface area contributed by atoms with E-state index in [1.54, 1.807) is 31.2 Å². The second-order valence-corrected chi connectivity index (χ2v) is 10.7. The fraction of sp³-hybridized carbons (Fsp3) is 0.440. The van der Waals surface area contributed by atoms with Crippen LogP contribution in [0.25, 0.3) is 0 Å². The predicted octanol–water partition coefficient (Wildman–Crippen LogP) is 4.42. The zero-order chi connectivity index (χ0) is 24.1. The van der Waals surface area contributed by atoms with Gasteiger partial charge in [-0.1, -0.05) is 39.3 Å². The van der Waals surface area contributed by atoms with Gasteiger partial charge in [0, 0.05) is 24.3 Å². The average Bonchev–Trinajstić information content (AvgIpc) is 2.74. The molecule has 0 spiro atoms. The number of hydrogen-bond acceptors (Lipinski definition) is 4. The first-order valence-electron chi connectivity index (χ1n) is 11.5. The molecule has 1 fully saturated rings. The van der Waals surface area contributed by atoms with Crippen LogP contribution in [0.4, 0.5) is 11.4 Å². The number of hydrogen-bond donors (Lipinski definition) is 3. The number of carbonyl (C=O) groups is 2. The number of amides is 2. The van der Waals surface area contributed by atoms with Crippen molar-refractivity contribution in [2.45, 2.75) is 63.2 Å². The maximum absolute atomic E-state index is 12.9. The molecule has 0 unspecified atom stereocenters. The van der Waals surface area contributed by atoms with E-state index >= 15 is 0 Å². The van der Waals surface area contributed by atoms with Crippen molar-refractivity contribution in [1.29, 1.82) is 0 Å². The molecular weight excluding hydrogens is 438 g/mol. The molecule has 3 N–H and O–H groups in total. The summed E-state index contributed by atoms with van der Waals surface area (Å²) in [5, 5.41) is 5.76. The van der Waals surface area contributed by atoms with Gasteiger partial charge in [-0.2, -0.15) is 0 Å². The van der Waals surface area contributed by atoms with Crippen LogP contribution >= 0.6 is 0 Å². The topological polar surface area (TPSA) is 104 Å². The third-order valence-electron chi connectivity index (χ3n) is 6.11. The van der Waals surface area contributed by atoms with Crippen molar-refractivity contribution in [3.05, 3.63) is 54.1 Å². The van der Waals surface area contributed by atoms with Gasteiger partial charge in [0.15, 0.2) is 0 Å². The average molecular weight is 472 g/mol. The van der Waals surface area contributed by atoms with Crippen LogP contribution < -0.4 is 15.4 Å². The normalized spacial score (nSPS) is 14.9. The van der Waals surface area contributed by atoms with Crippen LogP contribution in [0.3, 0.4) is 0 Å². The highest BCUT2D eigenvalue weighted by molar-refractivity contribution is 7.92. The van der Waals surface area contributed by atoms with Gasteiger partial charge in [-0.3, -0.25) is 14.3 Å². The highest BCUT2D eigenvalue weighted by Crippen LogP contribution is 2.44. The maximum atomic E-state index is 12.9. The highest BCUT2D eigenvalue weighted by Gasteiger charge is 2.45. The fourth-order valence-corrected chi connectivity index (χ4v) is 4.92. The van der Waals surface area contributed by atoms with Crippen molar-refractivity contribution in [3.63, 3.8) is 0 Å². The van der Waals surface area contributed by atoms with Gasteiger partial charge in [-0.05, 0) is 67.1 Å². The number of nitrogens with one attached hydrogen (secondary N) is 3. The quantitative estimate of drug-likeness (QED) is 0.477. The first-order valence-corrected chi connectivity index (χ1v) is 13.0. The molecule has 2 aromatic rings. The zero-order valence-corrected chi connectivity index (χ0v) is 20.3. The molecule has 33 heavy (non-hydrogen) atoms. The predicted molar refractivity (Wildman–Crippen MR) is 131 cm³/mol. The van der Waals surface area contributed by atoms with Gasteiger partial charge < -0.3 is 10.6 Å². The fourth-order valence-electron chi connectivity index (χ4n) is 3.86. The summed E-state index contributed by atoms with van der Waals surface area (Å²) in [5.41, 5.74) is 1.36. The molecule has 1 aliphatic rings. The van der Waals surface area contributed by atoms with E-state index < -0.39 is 15.4 Å². The van der Waals surface area contributed by atoms with Crippen LogP contribution in [-0.2, 0) is 25.0 Å². The van der Waals surface area contributed by atoms with Gasteiger partial charge in [0.2, 0.25) is 11.8 Å². The Morgan fingerprint density at radius 2 is 1.58 bits per heavy atom. The first-order chi connectivity index (χ1) is 15.7. The zero-order valence-electron chi connectivity index (χ0n) is 19.5. The molecule has 8 heteroatoms. The second-order valence-electron chi connectivity index (χ2n) is 8.98. The van der Waals surface area contributed by atoms with E-state index in [0.29, 0.717) is 30.3 Å². The van der Waals surface area contributed by atoms with Gasteiger partial charge in [0.25, 0.3) is 10.0 Å². The standard InChI is InChI=1S/C25H33N3O4S/c1-4-23(29)27-20-10-12-22(13-11-20)33(31,32)28-21-8-6-19(7-9-21)25(15-5-16-25)24(30)26-17-14-18(2)3/h6-13,18,28H,4-5,14-17H2,1-3H3,(H,26,30)(H,27,29). The summed E-state index contributed by atoms with van der Waals surface area (Å²) < 4.78 is 28.1. The van der Waals surface area contributed by atoms with Crippen LogP contribution in [0.1, 0.15) is 58.4 Å². The lowest BCUT2D eigenvalue weighted by atomic mass is 9.63. The van der Waals surface area contributed by atoms with Crippen LogP contribution in [0.5, 0.6) is 0 Å². The van der Waals surface area contributed by atoms with Crippen LogP contribution in [0, 0.1) is 5.92 Å². The minimum Gasteiger partial charge on any atom is -0.355 e. The SMILES string of the molecule is CCC(=O)Nc1ccc(S(=O)(=O)Nc2ccc(C3(C(=O)NCCC(C)C)CCC3)cc2)cc1. The van der Waals surface area contributed by atoms with Crippen molar-refractivity contribution >= 4 is 33.2 Å². The van der Waals surface area contributed by atoms with Crippen molar-refractivity contribution in [2.24, 2.45) is 5.92 Å². The highest BCUT2D eigenvalue weighted by atomic mass is 32.2. The van der Waals surface area contributed by atoms with Crippen LogP contribution in [0.2, 0.25) is 0 Å². The van der Waals surface area contributed by atoms with Gasteiger partial charge in [-0.25, -0.2) is 8.42 Å². The smallest absolute Gasteiger partial charge is 0.261 e. The summed E-state index contributed by atoms with van der Waals surface area (Å²) in [4.78, 5) is 24.5. The largest absolute Gasteiger partial charge is 0.355 e. The van der Waals surface area contributed by atoms with Gasteiger partial charge in [0.05, 0.1) is 10.3 Å². The van der Waals surface area contributed by atoms with Gasteiger partial charge >= 0.3 is 0 Å². The van der Waals surface area contributed by atoms with E-state index in [2.05, 4.69) is 29.2 Å². The second kappa shape index (κ2) is 10.4. The van der Waals surface area contributed by atoms with E-state index in [-0.39, 0.29) is 16.7 Å². The molecule has 3 rings (SSSR count). The molecule has 2 aromatic carbocycles. The monoisotopic (exact) mass is 471 g/mol. The molecule has 178 valence electrons. The molecule has 0 saturated heterocycles. The number of sulfonamides is 1. The molecule has 0 bridgehead atoms. The maximum Gasteiger partial charge on any atom is 0.261 e. The van der Waals surface area contributed by atoms with E-state index in [9.17, 15) is 18.0 Å². The van der Waals surface area contributed by atoms with E-state index in [0.717, 1.165) is 31.2 Å². The van der Waals surface area contributed by atoms with Crippen molar-refractivity contribution in [3.8, 4) is 0 Å². The Morgan fingerprint density at radius 1 is 0.970 bits per heavy atom. The summed E-state index contributed by atoms with van der Waals surface area (Å²) in [6.45, 7) is 6.67. The molecule has 1 saturated carbocycles. The van der Waals surface area contributed by atoms with E-state index in [1.807, 2.05) is 12.1 Å². The molecule has 7 nitrogen and oxygen atoms in total. The van der Waals surface area contributed by atoms with Crippen molar-refractivity contribution in [2.75, 3.05) is 16.6 Å². The molecule has 0 aliphatic heterocycles. The molecule has 1 aliphatic carbocycles. The third-order valence-corrected chi connectivity index (χ3v) is 7.51. The Bertz CT molecular complexity index is 1070.